The average Bonchev–Trinajstić information content (AvgIpc) is 2.74. The van der Waals surface area contributed by atoms with Gasteiger partial charge in [-0.1, -0.05) is 11.6 Å². The van der Waals surface area contributed by atoms with Gasteiger partial charge in [0, 0.05) is 0 Å². The fourth-order valence-electron chi connectivity index (χ4n) is 7.12. The minimum atomic E-state index is -1.09. The van der Waals surface area contributed by atoms with Crippen LogP contribution in [0.25, 0.3) is 0 Å². The van der Waals surface area contributed by atoms with E-state index in [1.165, 1.54) is 36.2 Å². The average molecular weight is 488 g/mol. The summed E-state index contributed by atoms with van der Waals surface area (Å²) in [6.45, 7) is 0. The van der Waals surface area contributed by atoms with E-state index < -0.39 is 23.0 Å². The van der Waals surface area contributed by atoms with Crippen molar-refractivity contribution in [2.45, 2.75) is 50.5 Å². The monoisotopic (exact) mass is 487 g/mol. The van der Waals surface area contributed by atoms with Crippen LogP contribution in [0.15, 0.2) is 29.2 Å². The van der Waals surface area contributed by atoms with E-state index in [9.17, 15) is 24.6 Å². The van der Waals surface area contributed by atoms with Crippen LogP contribution in [0, 0.1) is 17.3 Å². The molecule has 0 saturated heterocycles. The molecule has 2 atom stereocenters. The Kier molecular flexibility index (Phi) is 5.35. The summed E-state index contributed by atoms with van der Waals surface area (Å²) < 4.78 is 6.79. The van der Waals surface area contributed by atoms with Gasteiger partial charge in [-0.3, -0.25) is 9.59 Å². The van der Waals surface area contributed by atoms with Crippen LogP contribution in [0.2, 0.25) is 5.02 Å². The summed E-state index contributed by atoms with van der Waals surface area (Å²) in [7, 11) is 1.46. The third-order valence-electron chi connectivity index (χ3n) is 7.76. The van der Waals surface area contributed by atoms with Crippen LogP contribution in [-0.2, 0) is 10.3 Å². The van der Waals surface area contributed by atoms with Gasteiger partial charge in [-0.25, -0.2) is 9.48 Å². The molecule has 4 aliphatic carbocycles. The van der Waals surface area contributed by atoms with Gasteiger partial charge in [-0.05, 0) is 74.0 Å². The van der Waals surface area contributed by atoms with E-state index in [4.69, 9.17) is 16.3 Å². The molecule has 4 aliphatic rings. The molecule has 0 amide bonds. The molecule has 34 heavy (non-hydrogen) atoms. The number of methoxy groups -OCH3 is 1. The highest BCUT2D eigenvalue weighted by molar-refractivity contribution is 6.33. The van der Waals surface area contributed by atoms with Crippen LogP contribution in [-0.4, -0.2) is 39.0 Å². The van der Waals surface area contributed by atoms with Crippen LogP contribution in [0.3, 0.4) is 0 Å². The Hall–Kier alpha value is -3.07. The Balaban J connectivity index is 1.50. The lowest BCUT2D eigenvalue weighted by molar-refractivity contribution is -0.151. The number of rotatable bonds is 7. The molecule has 0 spiro atoms. The molecule has 6 rings (SSSR count). The highest BCUT2D eigenvalue weighted by Crippen LogP contribution is 2.65. The number of aliphatic carboxylic acids is 1. The summed E-state index contributed by atoms with van der Waals surface area (Å²) in [5.74, 6) is -0.736. The van der Waals surface area contributed by atoms with Crippen molar-refractivity contribution in [2.75, 3.05) is 12.4 Å². The largest absolute Gasteiger partial charge is 0.495 e. The number of carboxylic acids is 2. The molecule has 4 saturated carbocycles. The number of halogens is 1. The molecular weight excluding hydrogens is 462 g/mol. The lowest BCUT2D eigenvalue weighted by Crippen LogP contribution is -2.59. The first kappa shape index (κ1) is 22.7. The quantitative estimate of drug-likeness (QED) is 0.531. The van der Waals surface area contributed by atoms with E-state index in [0.717, 1.165) is 32.1 Å². The van der Waals surface area contributed by atoms with Crippen molar-refractivity contribution < 1.29 is 24.5 Å². The predicted octanol–water partition coefficient (Wildman–Crippen LogP) is 4.12. The first-order chi connectivity index (χ1) is 16.1. The summed E-state index contributed by atoms with van der Waals surface area (Å²) in [5, 5.41) is 26.3. The van der Waals surface area contributed by atoms with Gasteiger partial charge < -0.3 is 20.3 Å². The zero-order valence-corrected chi connectivity index (χ0v) is 19.5. The molecule has 10 heteroatoms. The van der Waals surface area contributed by atoms with E-state index in [2.05, 4.69) is 10.4 Å². The number of carboxylic acid groups (broad SMARTS) is 2. The van der Waals surface area contributed by atoms with Gasteiger partial charge in [0.15, 0.2) is 0 Å². The van der Waals surface area contributed by atoms with E-state index in [-0.39, 0.29) is 28.1 Å². The predicted molar refractivity (Wildman–Crippen MR) is 124 cm³/mol. The maximum atomic E-state index is 13.4. The number of aromatic carboxylic acids is 1. The van der Waals surface area contributed by atoms with Crippen LogP contribution in [0.5, 0.6) is 5.75 Å². The summed E-state index contributed by atoms with van der Waals surface area (Å²) in [5.41, 5.74) is -0.622. The van der Waals surface area contributed by atoms with Crippen molar-refractivity contribution in [3.8, 4) is 5.75 Å². The highest BCUT2D eigenvalue weighted by atomic mass is 35.5. The van der Waals surface area contributed by atoms with Crippen molar-refractivity contribution in [3.05, 3.63) is 45.3 Å². The van der Waals surface area contributed by atoms with Crippen LogP contribution in [0.4, 0.5) is 11.4 Å². The minimum absolute atomic E-state index is 0.0537. The number of nitrogens with one attached hydrogen (secondary N) is 1. The topological polar surface area (TPSA) is 131 Å². The van der Waals surface area contributed by atoms with Crippen LogP contribution < -0.4 is 15.6 Å². The standard InChI is InChI=1S/C24H26ClN3O6/c1-34-18-3-2-15(22(32)33)5-16(18)27-17-11-26-28(21(31)20(17)25)24-8-13-4-14(9-24)7-23(6-13,12-24)10-19(29)30/h2-3,5,11,13-14,27H,4,6-10,12H2,1H3,(H,29,30)(H,32,33)/t13-,14-,23?,24?/m1/s1. The zero-order chi connectivity index (χ0) is 24.3. The maximum absolute atomic E-state index is 13.4. The molecule has 4 fully saturated rings. The number of hydrogen-bond acceptors (Lipinski definition) is 6. The van der Waals surface area contributed by atoms with Crippen molar-refractivity contribution in [1.82, 2.24) is 9.78 Å². The molecule has 1 aromatic carbocycles. The molecular formula is C24H26ClN3O6. The molecule has 0 unspecified atom stereocenters. The molecule has 0 radical (unpaired) electrons. The molecule has 2 aromatic rings. The van der Waals surface area contributed by atoms with Gasteiger partial charge in [-0.2, -0.15) is 5.10 Å². The Morgan fingerprint density at radius 2 is 1.91 bits per heavy atom. The van der Waals surface area contributed by atoms with Crippen molar-refractivity contribution in [3.63, 3.8) is 0 Å². The van der Waals surface area contributed by atoms with Crippen LogP contribution >= 0.6 is 11.6 Å². The summed E-state index contributed by atoms with van der Waals surface area (Å²) in [6, 6.07) is 4.34. The summed E-state index contributed by atoms with van der Waals surface area (Å²) >= 11 is 6.52. The third-order valence-corrected chi connectivity index (χ3v) is 8.13. The SMILES string of the molecule is COc1ccc(C(=O)O)cc1Nc1cnn(C23C[C@@H]4C[C@H](CC(CC(=O)O)(C4)C2)C3)c(=O)c1Cl. The lowest BCUT2D eigenvalue weighted by Gasteiger charge is -2.61. The Morgan fingerprint density at radius 1 is 1.21 bits per heavy atom. The van der Waals surface area contributed by atoms with E-state index in [1.54, 1.807) is 0 Å². The van der Waals surface area contributed by atoms with E-state index >= 15 is 0 Å². The first-order valence-electron chi connectivity index (χ1n) is 11.3. The number of anilines is 2. The van der Waals surface area contributed by atoms with Crippen molar-refractivity contribution in [1.29, 1.82) is 0 Å². The zero-order valence-electron chi connectivity index (χ0n) is 18.7. The second kappa shape index (κ2) is 8.01. The van der Waals surface area contributed by atoms with Gasteiger partial charge in [0.1, 0.15) is 10.8 Å². The number of nitrogens with zero attached hydrogens (tertiary/aromatic N) is 2. The van der Waals surface area contributed by atoms with Crippen molar-refractivity contribution >= 4 is 34.9 Å². The Labute approximate surface area is 200 Å². The molecule has 1 heterocycles. The molecule has 1 aromatic heterocycles. The fraction of sp³-hybridized carbons (Fsp3) is 0.500. The Bertz CT molecular complexity index is 1230. The molecule has 3 N–H and O–H groups in total. The third kappa shape index (κ3) is 3.72. The van der Waals surface area contributed by atoms with E-state index in [1.807, 2.05) is 0 Å². The van der Waals surface area contributed by atoms with Gasteiger partial charge in [0.25, 0.3) is 5.56 Å². The number of aromatic nitrogens is 2. The van der Waals surface area contributed by atoms with Crippen LogP contribution in [0.1, 0.15) is 55.3 Å². The number of carbonyl (C=O) groups is 2. The molecule has 4 bridgehead atoms. The normalized spacial score (nSPS) is 29.1. The van der Waals surface area contributed by atoms with Gasteiger partial charge in [-0.15, -0.1) is 0 Å². The van der Waals surface area contributed by atoms with Gasteiger partial charge in [0.05, 0.1) is 42.2 Å². The first-order valence-corrected chi connectivity index (χ1v) is 11.7. The minimum Gasteiger partial charge on any atom is -0.495 e. The maximum Gasteiger partial charge on any atom is 0.335 e. The second-order valence-corrected chi connectivity index (χ2v) is 10.6. The van der Waals surface area contributed by atoms with Gasteiger partial charge in [0.2, 0.25) is 0 Å². The lowest BCUT2D eigenvalue weighted by atomic mass is 9.46. The van der Waals surface area contributed by atoms with E-state index in [0.29, 0.717) is 29.7 Å². The van der Waals surface area contributed by atoms with Crippen molar-refractivity contribution in [2.24, 2.45) is 17.3 Å². The molecule has 9 nitrogen and oxygen atoms in total. The summed E-state index contributed by atoms with van der Waals surface area (Å²) in [4.78, 5) is 36.4. The Morgan fingerprint density at radius 3 is 2.53 bits per heavy atom. The number of hydrogen-bond donors (Lipinski definition) is 3. The highest BCUT2D eigenvalue weighted by Gasteiger charge is 2.59. The second-order valence-electron chi connectivity index (χ2n) is 10.2. The fourth-order valence-corrected chi connectivity index (χ4v) is 7.30. The molecule has 0 aliphatic heterocycles. The number of ether oxygens (including phenoxy) is 1. The molecule has 180 valence electrons. The number of benzene rings is 1. The summed E-state index contributed by atoms with van der Waals surface area (Å²) in [6.07, 6.45) is 6.65. The smallest absolute Gasteiger partial charge is 0.335 e. The van der Waals surface area contributed by atoms with Gasteiger partial charge >= 0.3 is 11.9 Å².